The molecule has 106 valence electrons. The zero-order valence-corrected chi connectivity index (χ0v) is 12.4. The van der Waals surface area contributed by atoms with Crippen LogP contribution in [0, 0.1) is 0 Å². The van der Waals surface area contributed by atoms with Gasteiger partial charge in [-0.2, -0.15) is 0 Å². The van der Waals surface area contributed by atoms with Crippen LogP contribution in [0.3, 0.4) is 0 Å². The summed E-state index contributed by atoms with van der Waals surface area (Å²) in [6, 6.07) is 1.59. The van der Waals surface area contributed by atoms with Crippen molar-refractivity contribution in [1.82, 2.24) is 0 Å². The van der Waals surface area contributed by atoms with E-state index in [4.69, 9.17) is 5.73 Å². The van der Waals surface area contributed by atoms with E-state index in [1.165, 1.54) is 5.56 Å². The Morgan fingerprint density at radius 3 is 3.15 bits per heavy atom. The Morgan fingerprint density at radius 2 is 2.40 bits per heavy atom. The Labute approximate surface area is 125 Å². The number of hydrogen-bond donors (Lipinski definition) is 3. The largest absolute Gasteiger partial charge is 0.480 e. The number of anilines is 1. The number of carboxylic acid groups (broad SMARTS) is 1. The van der Waals surface area contributed by atoms with Gasteiger partial charge in [0.15, 0.2) is 0 Å². The minimum Gasteiger partial charge on any atom is -0.480 e. The van der Waals surface area contributed by atoms with Crippen molar-refractivity contribution in [3.8, 4) is 0 Å². The van der Waals surface area contributed by atoms with E-state index in [0.29, 0.717) is 12.3 Å². The van der Waals surface area contributed by atoms with Crippen molar-refractivity contribution in [1.29, 1.82) is 0 Å². The highest BCUT2D eigenvalue weighted by Gasteiger charge is 2.29. The first-order valence-electron chi connectivity index (χ1n) is 6.38. The number of carboxylic acids is 1. The Kier molecular flexibility index (Phi) is 3.91. The maximum absolute atomic E-state index is 11.2. The highest BCUT2D eigenvalue weighted by Crippen LogP contribution is 2.48. The lowest BCUT2D eigenvalue weighted by atomic mass is 10.1. The molecule has 1 atom stereocenters. The molecule has 0 saturated heterocycles. The number of nitrogens with zero attached hydrogens (tertiary/aromatic N) is 1. The van der Waals surface area contributed by atoms with E-state index in [-0.39, 0.29) is 0 Å². The van der Waals surface area contributed by atoms with E-state index >= 15 is 0 Å². The predicted octanol–water partition coefficient (Wildman–Crippen LogP) is 1.97. The molecule has 0 aromatic heterocycles. The third-order valence-electron chi connectivity index (χ3n) is 3.25. The van der Waals surface area contributed by atoms with Gasteiger partial charge in [0.25, 0.3) is 0 Å². The predicted molar refractivity (Wildman–Crippen MR) is 83.8 cm³/mol. The maximum atomic E-state index is 11.2. The molecule has 1 aromatic carbocycles. The number of benzene rings is 1. The Balaban J connectivity index is 2.10. The molecule has 7 heteroatoms. The van der Waals surface area contributed by atoms with Crippen molar-refractivity contribution in [2.45, 2.75) is 22.3 Å². The second kappa shape index (κ2) is 5.67. The van der Waals surface area contributed by atoms with Crippen LogP contribution in [-0.2, 0) is 11.2 Å². The molecule has 2 aliphatic rings. The lowest BCUT2D eigenvalue weighted by Crippen LogP contribution is -2.34. The Bertz CT molecular complexity index is 589. The van der Waals surface area contributed by atoms with Crippen LogP contribution in [0.2, 0.25) is 0 Å². The van der Waals surface area contributed by atoms with Gasteiger partial charge in [0.2, 0.25) is 0 Å². The monoisotopic (exact) mass is 309 g/mol. The second-order valence-corrected chi connectivity index (χ2v) is 6.69. The minimum atomic E-state index is -0.825. The molecule has 0 aliphatic carbocycles. The molecule has 2 aliphatic heterocycles. The number of aliphatic imine (C=N–C) groups is 1. The van der Waals surface area contributed by atoms with Gasteiger partial charge in [-0.3, -0.25) is 4.99 Å². The molecule has 0 amide bonds. The standard InChI is InChI=1S/C13H15N3O2S2/c14-2-1-7-5-9-10(15-3-4-19-9)11-12(7)20-6-8(16-11)13(17)18/h3,5,8,16H,1-2,4,6,14H2,(H,17,18). The number of aliphatic carboxylic acids is 1. The van der Waals surface area contributed by atoms with Crippen LogP contribution < -0.4 is 11.1 Å². The van der Waals surface area contributed by atoms with Gasteiger partial charge in [-0.05, 0) is 24.6 Å². The van der Waals surface area contributed by atoms with Crippen LogP contribution in [0.25, 0.3) is 0 Å². The fourth-order valence-corrected chi connectivity index (χ4v) is 4.38. The van der Waals surface area contributed by atoms with E-state index in [2.05, 4.69) is 16.4 Å². The van der Waals surface area contributed by atoms with Gasteiger partial charge >= 0.3 is 5.97 Å². The number of nitrogens with one attached hydrogen (secondary N) is 1. The SMILES string of the molecule is NCCc1cc2c(c3c1SCC(C(=O)O)N3)N=CCS2. The molecule has 0 radical (unpaired) electrons. The van der Waals surface area contributed by atoms with Gasteiger partial charge in [-0.1, -0.05) is 0 Å². The van der Waals surface area contributed by atoms with Crippen molar-refractivity contribution in [3.05, 3.63) is 11.6 Å². The fraction of sp³-hybridized carbons (Fsp3) is 0.385. The van der Waals surface area contributed by atoms with Crippen LogP contribution in [0.15, 0.2) is 20.8 Å². The number of thioether (sulfide) groups is 2. The third-order valence-corrected chi connectivity index (χ3v) is 5.45. The molecule has 0 fully saturated rings. The van der Waals surface area contributed by atoms with Gasteiger partial charge in [0.05, 0.1) is 5.69 Å². The highest BCUT2D eigenvalue weighted by atomic mass is 32.2. The fourth-order valence-electron chi connectivity index (χ4n) is 2.33. The first kappa shape index (κ1) is 13.8. The van der Waals surface area contributed by atoms with Gasteiger partial charge in [-0.15, -0.1) is 23.5 Å². The van der Waals surface area contributed by atoms with Crippen LogP contribution in [0.1, 0.15) is 5.56 Å². The average Bonchev–Trinajstić information content (AvgIpc) is 2.47. The summed E-state index contributed by atoms with van der Waals surface area (Å²) >= 11 is 3.31. The molecular weight excluding hydrogens is 294 g/mol. The number of hydrogen-bond acceptors (Lipinski definition) is 6. The van der Waals surface area contributed by atoms with E-state index < -0.39 is 12.0 Å². The van der Waals surface area contributed by atoms with Crippen molar-refractivity contribution < 1.29 is 9.90 Å². The molecule has 20 heavy (non-hydrogen) atoms. The van der Waals surface area contributed by atoms with Crippen LogP contribution in [-0.4, -0.2) is 41.4 Å². The zero-order chi connectivity index (χ0) is 14.1. The van der Waals surface area contributed by atoms with Gasteiger partial charge < -0.3 is 16.2 Å². The molecule has 0 bridgehead atoms. The molecule has 5 nitrogen and oxygen atoms in total. The van der Waals surface area contributed by atoms with E-state index in [1.807, 2.05) is 6.21 Å². The first-order valence-corrected chi connectivity index (χ1v) is 8.35. The summed E-state index contributed by atoms with van der Waals surface area (Å²) in [5.41, 5.74) is 8.60. The number of rotatable bonds is 3. The highest BCUT2D eigenvalue weighted by molar-refractivity contribution is 8.00. The summed E-state index contributed by atoms with van der Waals surface area (Å²) < 4.78 is 0. The van der Waals surface area contributed by atoms with Crippen molar-refractivity contribution >= 4 is 47.1 Å². The zero-order valence-electron chi connectivity index (χ0n) is 10.8. The number of fused-ring (bicyclic) bond motifs is 3. The summed E-state index contributed by atoms with van der Waals surface area (Å²) in [5.74, 6) is 0.549. The summed E-state index contributed by atoms with van der Waals surface area (Å²) in [7, 11) is 0. The Morgan fingerprint density at radius 1 is 1.55 bits per heavy atom. The second-order valence-electron chi connectivity index (χ2n) is 4.59. The minimum absolute atomic E-state index is 0.523. The van der Waals surface area contributed by atoms with Gasteiger partial charge in [-0.25, -0.2) is 4.79 Å². The van der Waals surface area contributed by atoms with Gasteiger partial charge in [0.1, 0.15) is 11.7 Å². The van der Waals surface area contributed by atoms with Crippen LogP contribution in [0.4, 0.5) is 11.4 Å². The third kappa shape index (κ3) is 2.41. The molecule has 0 spiro atoms. The van der Waals surface area contributed by atoms with Crippen molar-refractivity contribution in [3.63, 3.8) is 0 Å². The average molecular weight is 309 g/mol. The molecule has 4 N–H and O–H groups in total. The first-order chi connectivity index (χ1) is 9.70. The lowest BCUT2D eigenvalue weighted by Gasteiger charge is -2.28. The van der Waals surface area contributed by atoms with Crippen LogP contribution in [0.5, 0.6) is 0 Å². The summed E-state index contributed by atoms with van der Waals surface area (Å²) in [6.07, 6.45) is 2.67. The van der Waals surface area contributed by atoms with E-state index in [9.17, 15) is 9.90 Å². The topological polar surface area (TPSA) is 87.7 Å². The number of carbonyl (C=O) groups is 1. The molecule has 0 saturated carbocycles. The maximum Gasteiger partial charge on any atom is 0.327 e. The normalized spacial score (nSPS) is 19.9. The van der Waals surface area contributed by atoms with Crippen molar-refractivity contribution in [2.75, 3.05) is 23.4 Å². The van der Waals surface area contributed by atoms with E-state index in [1.54, 1.807) is 23.5 Å². The van der Waals surface area contributed by atoms with Gasteiger partial charge in [0, 0.05) is 27.5 Å². The Hall–Kier alpha value is -1.18. The molecule has 3 rings (SSSR count). The lowest BCUT2D eigenvalue weighted by molar-refractivity contribution is -0.137. The summed E-state index contributed by atoms with van der Waals surface area (Å²) in [6.45, 7) is 0.585. The molecule has 2 heterocycles. The quantitative estimate of drug-likeness (QED) is 0.791. The molecular formula is C13H15N3O2S2. The smallest absolute Gasteiger partial charge is 0.327 e. The summed E-state index contributed by atoms with van der Waals surface area (Å²) in [5, 5.41) is 12.3. The van der Waals surface area contributed by atoms with Crippen molar-refractivity contribution in [2.24, 2.45) is 10.7 Å². The molecule has 1 aromatic rings. The van der Waals surface area contributed by atoms with E-state index in [0.717, 1.165) is 33.3 Å². The number of nitrogens with two attached hydrogens (primary N) is 1. The molecule has 1 unspecified atom stereocenters. The summed E-state index contributed by atoms with van der Waals surface area (Å²) in [4.78, 5) is 17.9. The van der Waals surface area contributed by atoms with Crippen LogP contribution >= 0.6 is 23.5 Å².